The molecule has 0 aliphatic rings. The summed E-state index contributed by atoms with van der Waals surface area (Å²) in [5.74, 6) is 6.48. The van der Waals surface area contributed by atoms with Gasteiger partial charge in [-0.25, -0.2) is 0 Å². The predicted octanol–water partition coefficient (Wildman–Crippen LogP) is 4.03. The van der Waals surface area contributed by atoms with Gasteiger partial charge in [0.2, 0.25) is 0 Å². The monoisotopic (exact) mass is 233 g/mol. The summed E-state index contributed by atoms with van der Waals surface area (Å²) < 4.78 is 0. The standard InChI is InChI=1S/C18H17/c1-2-9-17-13-6-7-14-18(17)15-8-12-16-10-4-3-5-11-16/h3-7,10-11,13H,2,9,12H2,1H3. The third kappa shape index (κ3) is 3.50. The van der Waals surface area contributed by atoms with E-state index in [1.54, 1.807) is 0 Å². The van der Waals surface area contributed by atoms with Gasteiger partial charge in [0, 0.05) is 12.0 Å². The maximum absolute atomic E-state index is 3.24. The van der Waals surface area contributed by atoms with Crippen LogP contribution < -0.4 is 0 Å². The maximum Gasteiger partial charge on any atom is 0.0356 e. The SMILES string of the molecule is CCCc1ccc[c]c1C#CCc1ccccc1. The van der Waals surface area contributed by atoms with Crippen LogP contribution >= 0.6 is 0 Å². The van der Waals surface area contributed by atoms with Crippen LogP contribution in [0.15, 0.2) is 48.5 Å². The summed E-state index contributed by atoms with van der Waals surface area (Å²) in [7, 11) is 0. The highest BCUT2D eigenvalue weighted by Gasteiger charge is 1.97. The van der Waals surface area contributed by atoms with Crippen molar-refractivity contribution in [2.45, 2.75) is 26.2 Å². The van der Waals surface area contributed by atoms with Crippen LogP contribution in [-0.2, 0) is 12.8 Å². The average molecular weight is 233 g/mol. The molecule has 0 aliphatic carbocycles. The largest absolute Gasteiger partial charge is 0.0931 e. The molecule has 2 rings (SSSR count). The minimum Gasteiger partial charge on any atom is -0.0931 e. The minimum absolute atomic E-state index is 0.801. The van der Waals surface area contributed by atoms with Crippen LogP contribution in [-0.4, -0.2) is 0 Å². The fraction of sp³-hybridized carbons (Fsp3) is 0.222. The normalized spacial score (nSPS) is 9.61. The highest BCUT2D eigenvalue weighted by Crippen LogP contribution is 2.09. The van der Waals surface area contributed by atoms with Gasteiger partial charge in [-0.2, -0.15) is 0 Å². The molecule has 2 aromatic carbocycles. The molecule has 0 heterocycles. The van der Waals surface area contributed by atoms with E-state index in [1.165, 1.54) is 11.1 Å². The van der Waals surface area contributed by atoms with E-state index in [1.807, 2.05) is 30.3 Å². The van der Waals surface area contributed by atoms with Crippen molar-refractivity contribution < 1.29 is 0 Å². The van der Waals surface area contributed by atoms with Gasteiger partial charge >= 0.3 is 0 Å². The van der Waals surface area contributed by atoms with Crippen molar-refractivity contribution in [3.63, 3.8) is 0 Å². The van der Waals surface area contributed by atoms with Gasteiger partial charge in [-0.3, -0.25) is 0 Å². The Balaban J connectivity index is 2.10. The Kier molecular flexibility index (Phi) is 4.61. The first-order valence-corrected chi connectivity index (χ1v) is 6.42. The first-order chi connectivity index (χ1) is 8.90. The third-order valence-corrected chi connectivity index (χ3v) is 2.81. The zero-order valence-electron chi connectivity index (χ0n) is 10.7. The molecular weight excluding hydrogens is 216 g/mol. The highest BCUT2D eigenvalue weighted by molar-refractivity contribution is 5.41. The lowest BCUT2D eigenvalue weighted by Crippen LogP contribution is -1.89. The Morgan fingerprint density at radius 2 is 1.89 bits per heavy atom. The van der Waals surface area contributed by atoms with Crippen LogP contribution in [0.3, 0.4) is 0 Å². The second-order valence-electron chi connectivity index (χ2n) is 4.28. The average Bonchev–Trinajstić information content (AvgIpc) is 2.42. The van der Waals surface area contributed by atoms with E-state index in [4.69, 9.17) is 0 Å². The van der Waals surface area contributed by atoms with Gasteiger partial charge < -0.3 is 0 Å². The van der Waals surface area contributed by atoms with Crippen LogP contribution in [0.5, 0.6) is 0 Å². The number of benzene rings is 2. The van der Waals surface area contributed by atoms with Gasteiger partial charge in [0.05, 0.1) is 0 Å². The Morgan fingerprint density at radius 1 is 1.06 bits per heavy atom. The number of rotatable bonds is 3. The van der Waals surface area contributed by atoms with Crippen LogP contribution in [0.1, 0.15) is 30.0 Å². The molecule has 0 N–H and O–H groups in total. The first kappa shape index (κ1) is 12.5. The molecule has 0 aliphatic heterocycles. The maximum atomic E-state index is 3.24. The number of aryl methyl sites for hydroxylation is 1. The van der Waals surface area contributed by atoms with Crippen LogP contribution in [0.4, 0.5) is 0 Å². The lowest BCUT2D eigenvalue weighted by Gasteiger charge is -2.00. The van der Waals surface area contributed by atoms with Gasteiger partial charge in [0.1, 0.15) is 0 Å². The van der Waals surface area contributed by atoms with Crippen LogP contribution in [0, 0.1) is 17.9 Å². The molecule has 0 heteroatoms. The van der Waals surface area contributed by atoms with Crippen molar-refractivity contribution >= 4 is 0 Å². The molecular formula is C18H17. The Hall–Kier alpha value is -2.00. The summed E-state index contributed by atoms with van der Waals surface area (Å²) >= 11 is 0. The van der Waals surface area contributed by atoms with E-state index in [9.17, 15) is 0 Å². The molecule has 18 heavy (non-hydrogen) atoms. The summed E-state index contributed by atoms with van der Waals surface area (Å²) in [4.78, 5) is 0. The molecule has 0 nitrogen and oxygen atoms in total. The van der Waals surface area contributed by atoms with Crippen molar-refractivity contribution in [2.75, 3.05) is 0 Å². The molecule has 0 bridgehead atoms. The quantitative estimate of drug-likeness (QED) is 0.702. The minimum atomic E-state index is 0.801. The Labute approximate surface area is 110 Å². The molecule has 0 unspecified atom stereocenters. The van der Waals surface area contributed by atoms with E-state index in [0.29, 0.717) is 0 Å². The highest BCUT2D eigenvalue weighted by atomic mass is 14.0. The summed E-state index contributed by atoms with van der Waals surface area (Å²) in [6.45, 7) is 2.19. The second-order valence-corrected chi connectivity index (χ2v) is 4.28. The van der Waals surface area contributed by atoms with Crippen LogP contribution in [0.25, 0.3) is 0 Å². The van der Waals surface area contributed by atoms with Crippen molar-refractivity contribution in [1.82, 2.24) is 0 Å². The fourth-order valence-electron chi connectivity index (χ4n) is 1.90. The summed E-state index contributed by atoms with van der Waals surface area (Å²) in [6.07, 6.45) is 3.02. The van der Waals surface area contributed by atoms with Crippen molar-refractivity contribution in [1.29, 1.82) is 0 Å². The molecule has 0 atom stereocenters. The van der Waals surface area contributed by atoms with Crippen molar-refractivity contribution in [2.24, 2.45) is 0 Å². The van der Waals surface area contributed by atoms with Gasteiger partial charge in [-0.1, -0.05) is 73.7 Å². The summed E-state index contributed by atoms with van der Waals surface area (Å²) in [5, 5.41) is 0. The zero-order valence-corrected chi connectivity index (χ0v) is 10.7. The molecule has 0 saturated carbocycles. The van der Waals surface area contributed by atoms with Gasteiger partial charge in [-0.15, -0.1) is 0 Å². The van der Waals surface area contributed by atoms with Crippen LogP contribution in [0.2, 0.25) is 0 Å². The molecule has 0 aromatic heterocycles. The first-order valence-electron chi connectivity index (χ1n) is 6.42. The molecule has 0 saturated heterocycles. The molecule has 89 valence electrons. The van der Waals surface area contributed by atoms with E-state index in [-0.39, 0.29) is 0 Å². The Morgan fingerprint density at radius 3 is 2.67 bits per heavy atom. The van der Waals surface area contributed by atoms with E-state index in [0.717, 1.165) is 24.8 Å². The lowest BCUT2D eigenvalue weighted by molar-refractivity contribution is 0.918. The third-order valence-electron chi connectivity index (χ3n) is 2.81. The molecule has 2 aromatic rings. The predicted molar refractivity (Wildman–Crippen MR) is 76.3 cm³/mol. The van der Waals surface area contributed by atoms with E-state index in [2.05, 4.69) is 43.0 Å². The molecule has 0 fully saturated rings. The Bertz CT molecular complexity index is 541. The topological polar surface area (TPSA) is 0 Å². The summed E-state index contributed by atoms with van der Waals surface area (Å²) in [6, 6.07) is 19.7. The van der Waals surface area contributed by atoms with Gasteiger partial charge in [0.25, 0.3) is 0 Å². The van der Waals surface area contributed by atoms with Gasteiger partial charge in [0.15, 0.2) is 0 Å². The second kappa shape index (κ2) is 6.67. The smallest absolute Gasteiger partial charge is 0.0356 e. The van der Waals surface area contributed by atoms with E-state index < -0.39 is 0 Å². The number of hydrogen-bond donors (Lipinski definition) is 0. The van der Waals surface area contributed by atoms with Gasteiger partial charge in [-0.05, 0) is 23.6 Å². The van der Waals surface area contributed by atoms with Crippen molar-refractivity contribution in [3.05, 3.63) is 71.3 Å². The summed E-state index contributed by atoms with van der Waals surface area (Å²) in [5.41, 5.74) is 3.62. The lowest BCUT2D eigenvalue weighted by atomic mass is 10.0. The molecule has 1 radical (unpaired) electrons. The number of hydrogen-bond acceptors (Lipinski definition) is 0. The fourth-order valence-corrected chi connectivity index (χ4v) is 1.90. The zero-order chi connectivity index (χ0) is 12.6. The molecule has 0 amide bonds. The van der Waals surface area contributed by atoms with E-state index >= 15 is 0 Å². The van der Waals surface area contributed by atoms with Crippen molar-refractivity contribution in [3.8, 4) is 11.8 Å². The molecule has 0 spiro atoms.